The summed E-state index contributed by atoms with van der Waals surface area (Å²) in [5.41, 5.74) is 5.22. The minimum Gasteiger partial charge on any atom is -0.308 e. The van der Waals surface area contributed by atoms with Gasteiger partial charge >= 0.3 is 0 Å². The topological polar surface area (TPSA) is 63.8 Å². The third-order valence-corrected chi connectivity index (χ3v) is 6.19. The Hall–Kier alpha value is -0.460. The highest BCUT2D eigenvalue weighted by Gasteiger charge is 2.23. The van der Waals surface area contributed by atoms with Crippen LogP contribution in [0.5, 0.6) is 0 Å². The molecule has 1 saturated heterocycles. The average Bonchev–Trinajstić information content (AvgIpc) is 2.47. The lowest BCUT2D eigenvalue weighted by atomic mass is 9.96. The number of hydrogen-bond donors (Lipinski definition) is 2. The fourth-order valence-electron chi connectivity index (χ4n) is 2.51. The van der Waals surface area contributed by atoms with Gasteiger partial charge in [-0.2, -0.15) is 11.8 Å². The molecule has 6 heteroatoms. The second-order valence-electron chi connectivity index (χ2n) is 4.64. The van der Waals surface area contributed by atoms with Crippen molar-refractivity contribution in [1.29, 1.82) is 0 Å². The summed E-state index contributed by atoms with van der Waals surface area (Å²) in [5.74, 6) is 11.0. The van der Waals surface area contributed by atoms with E-state index in [4.69, 9.17) is 10.8 Å². The van der Waals surface area contributed by atoms with Crippen molar-refractivity contribution in [3.63, 3.8) is 0 Å². The summed E-state index contributed by atoms with van der Waals surface area (Å²) in [6, 6.07) is 0. The Bertz CT molecular complexity index is 415. The van der Waals surface area contributed by atoms with Gasteiger partial charge in [0.25, 0.3) is 0 Å². The molecule has 2 aliphatic rings. The molecule has 1 atom stereocenters. The molecule has 0 aromatic carbocycles. The number of aryl methyl sites for hydroxylation is 1. The number of rotatable bonds is 2. The van der Waals surface area contributed by atoms with Gasteiger partial charge in [0, 0.05) is 28.5 Å². The van der Waals surface area contributed by atoms with Crippen LogP contribution < -0.4 is 11.3 Å². The zero-order chi connectivity index (χ0) is 12.4. The lowest BCUT2D eigenvalue weighted by molar-refractivity contribution is 0.655. The number of nitrogens with one attached hydrogen (secondary N) is 1. The Morgan fingerprint density at radius 3 is 2.83 bits per heavy atom. The second kappa shape index (κ2) is 5.67. The molecule has 4 nitrogen and oxygen atoms in total. The fraction of sp³-hybridized carbons (Fsp3) is 0.667. The molecule has 3 N–H and O–H groups in total. The molecule has 1 aromatic heterocycles. The third kappa shape index (κ3) is 2.46. The van der Waals surface area contributed by atoms with Crippen LogP contribution in [0.15, 0.2) is 0 Å². The minimum atomic E-state index is 0.433. The second-order valence-corrected chi connectivity index (χ2v) is 7.10. The van der Waals surface area contributed by atoms with Gasteiger partial charge in [-0.15, -0.1) is 11.8 Å². The Kier molecular flexibility index (Phi) is 3.96. The first-order valence-electron chi connectivity index (χ1n) is 6.44. The maximum atomic E-state index is 5.62. The molecule has 1 aliphatic heterocycles. The van der Waals surface area contributed by atoms with Crippen LogP contribution in [0, 0.1) is 0 Å². The van der Waals surface area contributed by atoms with E-state index in [0.717, 1.165) is 30.2 Å². The number of nitrogens with zero attached hydrogens (tertiary/aromatic N) is 2. The monoisotopic (exact) mass is 282 g/mol. The van der Waals surface area contributed by atoms with E-state index in [2.05, 4.69) is 10.4 Å². The highest BCUT2D eigenvalue weighted by molar-refractivity contribution is 8.06. The van der Waals surface area contributed by atoms with E-state index in [-0.39, 0.29) is 0 Å². The van der Waals surface area contributed by atoms with Gasteiger partial charge in [-0.3, -0.25) is 0 Å². The number of anilines is 1. The first kappa shape index (κ1) is 12.6. The number of fused-ring (bicyclic) bond motifs is 1. The summed E-state index contributed by atoms with van der Waals surface area (Å²) in [6.07, 6.45) is 4.59. The van der Waals surface area contributed by atoms with Crippen LogP contribution >= 0.6 is 23.5 Å². The summed E-state index contributed by atoms with van der Waals surface area (Å²) in [6.45, 7) is 0. The van der Waals surface area contributed by atoms with Gasteiger partial charge in [-0.05, 0) is 25.7 Å². The van der Waals surface area contributed by atoms with E-state index >= 15 is 0 Å². The lowest BCUT2D eigenvalue weighted by Gasteiger charge is -2.23. The molecule has 98 valence electrons. The van der Waals surface area contributed by atoms with Crippen molar-refractivity contribution < 1.29 is 0 Å². The molecular formula is C12H18N4S2. The Balaban J connectivity index is 1.94. The van der Waals surface area contributed by atoms with Gasteiger partial charge in [0.15, 0.2) is 0 Å². The van der Waals surface area contributed by atoms with Crippen LogP contribution in [0.1, 0.15) is 35.2 Å². The van der Waals surface area contributed by atoms with E-state index in [1.165, 1.54) is 35.6 Å². The Morgan fingerprint density at radius 2 is 2.06 bits per heavy atom. The van der Waals surface area contributed by atoms with Crippen molar-refractivity contribution in [1.82, 2.24) is 9.97 Å². The van der Waals surface area contributed by atoms with Gasteiger partial charge in [0.05, 0.1) is 5.25 Å². The molecule has 0 amide bonds. The fourth-order valence-corrected chi connectivity index (χ4v) is 5.11. The minimum absolute atomic E-state index is 0.433. The molecule has 1 unspecified atom stereocenters. The van der Waals surface area contributed by atoms with Crippen LogP contribution in [0.4, 0.5) is 5.82 Å². The number of nitrogens with two attached hydrogens (primary N) is 1. The standard InChI is InChI=1S/C12H18N4S2/c13-16-11-8-3-1-2-4-9(8)14-12(15-11)10-7-17-5-6-18-10/h10H,1-7,13H2,(H,14,15,16). The predicted octanol–water partition coefficient (Wildman–Crippen LogP) is 2.16. The summed E-state index contributed by atoms with van der Waals surface area (Å²) in [4.78, 5) is 9.45. The van der Waals surface area contributed by atoms with E-state index in [0.29, 0.717) is 5.25 Å². The average molecular weight is 282 g/mol. The molecule has 1 aliphatic carbocycles. The largest absolute Gasteiger partial charge is 0.308 e. The first-order valence-corrected chi connectivity index (χ1v) is 8.64. The smallest absolute Gasteiger partial charge is 0.147 e. The number of hydrogen-bond acceptors (Lipinski definition) is 6. The summed E-state index contributed by atoms with van der Waals surface area (Å²) < 4.78 is 0. The number of aromatic nitrogens is 2. The van der Waals surface area contributed by atoms with E-state index in [9.17, 15) is 0 Å². The van der Waals surface area contributed by atoms with Crippen LogP contribution in [0.3, 0.4) is 0 Å². The van der Waals surface area contributed by atoms with Crippen molar-refractivity contribution in [2.45, 2.75) is 30.9 Å². The van der Waals surface area contributed by atoms with Gasteiger partial charge in [-0.1, -0.05) is 0 Å². The van der Waals surface area contributed by atoms with Crippen LogP contribution in [-0.4, -0.2) is 27.2 Å². The maximum absolute atomic E-state index is 5.62. The van der Waals surface area contributed by atoms with Crippen molar-refractivity contribution >= 4 is 29.3 Å². The zero-order valence-electron chi connectivity index (χ0n) is 10.3. The molecule has 0 saturated carbocycles. The van der Waals surface area contributed by atoms with Crippen molar-refractivity contribution in [2.24, 2.45) is 5.84 Å². The molecule has 2 heterocycles. The third-order valence-electron chi connectivity index (χ3n) is 3.44. The maximum Gasteiger partial charge on any atom is 0.147 e. The summed E-state index contributed by atoms with van der Waals surface area (Å²) >= 11 is 3.97. The number of hydrazine groups is 1. The van der Waals surface area contributed by atoms with Gasteiger partial charge in [0.2, 0.25) is 0 Å². The van der Waals surface area contributed by atoms with Gasteiger partial charge in [-0.25, -0.2) is 15.8 Å². The Morgan fingerprint density at radius 1 is 1.17 bits per heavy atom. The highest BCUT2D eigenvalue weighted by atomic mass is 32.2. The van der Waals surface area contributed by atoms with Crippen LogP contribution in [0.2, 0.25) is 0 Å². The molecule has 1 aromatic rings. The molecule has 3 rings (SSSR count). The van der Waals surface area contributed by atoms with E-state index in [1.807, 2.05) is 23.5 Å². The quantitative estimate of drug-likeness (QED) is 0.640. The van der Waals surface area contributed by atoms with Crippen molar-refractivity contribution in [2.75, 3.05) is 22.7 Å². The van der Waals surface area contributed by atoms with Crippen molar-refractivity contribution in [3.05, 3.63) is 17.1 Å². The summed E-state index contributed by atoms with van der Waals surface area (Å²) in [5, 5.41) is 0.433. The first-order chi connectivity index (χ1) is 8.88. The predicted molar refractivity (Wildman–Crippen MR) is 79.0 cm³/mol. The van der Waals surface area contributed by atoms with E-state index in [1.54, 1.807) is 0 Å². The Labute approximate surface area is 116 Å². The molecular weight excluding hydrogens is 264 g/mol. The highest BCUT2D eigenvalue weighted by Crippen LogP contribution is 2.36. The SMILES string of the molecule is NNc1nc(C2CSCCS2)nc2c1CCCC2. The molecule has 0 bridgehead atoms. The summed E-state index contributed by atoms with van der Waals surface area (Å²) in [7, 11) is 0. The molecule has 0 radical (unpaired) electrons. The number of nitrogen functional groups attached to an aromatic ring is 1. The molecule has 0 spiro atoms. The molecule has 18 heavy (non-hydrogen) atoms. The molecule has 1 fully saturated rings. The van der Waals surface area contributed by atoms with Crippen molar-refractivity contribution in [3.8, 4) is 0 Å². The van der Waals surface area contributed by atoms with Gasteiger partial charge in [0.1, 0.15) is 11.6 Å². The van der Waals surface area contributed by atoms with E-state index < -0.39 is 0 Å². The normalized spacial score (nSPS) is 23.5. The van der Waals surface area contributed by atoms with Crippen LogP contribution in [-0.2, 0) is 12.8 Å². The lowest BCUT2D eigenvalue weighted by Crippen LogP contribution is -2.20. The van der Waals surface area contributed by atoms with Crippen LogP contribution in [0.25, 0.3) is 0 Å². The number of thioether (sulfide) groups is 2. The van der Waals surface area contributed by atoms with Gasteiger partial charge < -0.3 is 5.43 Å². The zero-order valence-corrected chi connectivity index (χ0v) is 11.9.